The Hall–Kier alpha value is -1.91. The molecule has 1 aromatic carbocycles. The predicted molar refractivity (Wildman–Crippen MR) is 80.8 cm³/mol. The average molecular weight is 306 g/mol. The van der Waals surface area contributed by atoms with Crippen LogP contribution in [0.3, 0.4) is 0 Å². The first-order valence-electron chi connectivity index (χ1n) is 5.87. The van der Waals surface area contributed by atoms with Crippen molar-refractivity contribution in [3.05, 3.63) is 57.0 Å². The highest BCUT2D eigenvalue weighted by Crippen LogP contribution is 2.36. The Balaban J connectivity index is 2.32. The molecule has 0 amide bonds. The minimum atomic E-state index is 0.226. The van der Waals surface area contributed by atoms with Crippen LogP contribution in [0.5, 0.6) is 0 Å². The van der Waals surface area contributed by atoms with Crippen LogP contribution in [-0.2, 0) is 0 Å². The fourth-order valence-electron chi connectivity index (χ4n) is 2.08. The molecule has 3 rings (SSSR count). The monoisotopic (exact) mass is 305 g/mol. The number of aromatic nitrogens is 2. The molecule has 0 N–H and O–H groups in total. The van der Waals surface area contributed by atoms with Gasteiger partial charge < -0.3 is 0 Å². The van der Waals surface area contributed by atoms with Gasteiger partial charge in [0.1, 0.15) is 11.3 Å². The van der Waals surface area contributed by atoms with Crippen molar-refractivity contribution in [1.29, 1.82) is 0 Å². The molecule has 0 fully saturated rings. The highest BCUT2D eigenvalue weighted by molar-refractivity contribution is 6.36. The zero-order valence-electron chi connectivity index (χ0n) is 10.5. The van der Waals surface area contributed by atoms with Crippen molar-refractivity contribution >= 4 is 34.7 Å². The molecule has 100 valence electrons. The lowest BCUT2D eigenvalue weighted by molar-refractivity contribution is 1.15. The van der Waals surface area contributed by atoms with E-state index in [1.54, 1.807) is 28.8 Å². The van der Waals surface area contributed by atoms with E-state index in [1.165, 1.54) is 0 Å². The third-order valence-corrected chi connectivity index (χ3v) is 3.58. The van der Waals surface area contributed by atoms with Gasteiger partial charge in [-0.15, -0.1) is 4.91 Å². The number of nitroso groups, excluding NO2 is 1. The highest BCUT2D eigenvalue weighted by atomic mass is 35.5. The number of pyridine rings is 1. The van der Waals surface area contributed by atoms with Crippen LogP contribution in [0.1, 0.15) is 5.56 Å². The van der Waals surface area contributed by atoms with Crippen LogP contribution in [0.4, 0.5) is 5.82 Å². The van der Waals surface area contributed by atoms with E-state index < -0.39 is 0 Å². The fraction of sp³-hybridized carbons (Fsp3) is 0.0714. The van der Waals surface area contributed by atoms with Gasteiger partial charge in [-0.3, -0.25) is 4.40 Å². The molecule has 4 nitrogen and oxygen atoms in total. The molecule has 3 aromatic rings. The number of aryl methyl sites for hydroxylation is 1. The summed E-state index contributed by atoms with van der Waals surface area (Å²) in [5.41, 5.74) is 2.79. The molecule has 2 aromatic heterocycles. The van der Waals surface area contributed by atoms with Crippen molar-refractivity contribution in [1.82, 2.24) is 9.38 Å². The molecule has 20 heavy (non-hydrogen) atoms. The SMILES string of the molecule is Cc1ccn2c(N=O)c(-c3ccc(Cl)cc3Cl)nc2c1. The van der Waals surface area contributed by atoms with Crippen LogP contribution in [0.25, 0.3) is 16.9 Å². The van der Waals surface area contributed by atoms with E-state index in [4.69, 9.17) is 23.2 Å². The van der Waals surface area contributed by atoms with Crippen LogP contribution in [0.2, 0.25) is 10.0 Å². The average Bonchev–Trinajstić information content (AvgIpc) is 2.75. The molecule has 0 spiro atoms. The van der Waals surface area contributed by atoms with E-state index in [2.05, 4.69) is 10.2 Å². The second kappa shape index (κ2) is 4.89. The highest BCUT2D eigenvalue weighted by Gasteiger charge is 2.17. The molecule has 6 heteroatoms. The summed E-state index contributed by atoms with van der Waals surface area (Å²) < 4.78 is 1.64. The quantitative estimate of drug-likeness (QED) is 0.624. The lowest BCUT2D eigenvalue weighted by Gasteiger charge is -2.01. The number of nitrogens with zero attached hydrogens (tertiary/aromatic N) is 3. The summed E-state index contributed by atoms with van der Waals surface area (Å²) in [5.74, 6) is 0.226. The molecule has 0 unspecified atom stereocenters. The van der Waals surface area contributed by atoms with Gasteiger partial charge >= 0.3 is 0 Å². The summed E-state index contributed by atoms with van der Waals surface area (Å²) in [7, 11) is 0. The Morgan fingerprint density at radius 3 is 2.70 bits per heavy atom. The topological polar surface area (TPSA) is 46.7 Å². The Morgan fingerprint density at radius 2 is 2.00 bits per heavy atom. The van der Waals surface area contributed by atoms with Crippen molar-refractivity contribution in [2.75, 3.05) is 0 Å². The Morgan fingerprint density at radius 1 is 1.20 bits per heavy atom. The second-order valence-electron chi connectivity index (χ2n) is 4.43. The molecule has 0 saturated heterocycles. The van der Waals surface area contributed by atoms with Gasteiger partial charge in [0.2, 0.25) is 5.82 Å². The predicted octanol–water partition coefficient (Wildman–Crippen LogP) is 5.01. The number of imidazole rings is 1. The van der Waals surface area contributed by atoms with E-state index in [9.17, 15) is 4.91 Å². The lowest BCUT2D eigenvalue weighted by atomic mass is 10.1. The van der Waals surface area contributed by atoms with Crippen LogP contribution < -0.4 is 0 Å². The molecule has 0 atom stereocenters. The number of hydrogen-bond donors (Lipinski definition) is 0. The van der Waals surface area contributed by atoms with Gasteiger partial charge in [0.25, 0.3) is 0 Å². The van der Waals surface area contributed by atoms with Crippen LogP contribution in [0, 0.1) is 11.8 Å². The van der Waals surface area contributed by atoms with Gasteiger partial charge in [-0.2, -0.15) is 0 Å². The van der Waals surface area contributed by atoms with E-state index in [0.717, 1.165) is 5.56 Å². The van der Waals surface area contributed by atoms with Gasteiger partial charge in [-0.05, 0) is 48.0 Å². The first kappa shape index (κ1) is 13.1. The van der Waals surface area contributed by atoms with E-state index >= 15 is 0 Å². The standard InChI is InChI=1S/C14H9Cl2N3O/c1-8-4-5-19-12(6-8)17-13(14(19)18-20)10-3-2-9(15)7-11(10)16/h2-7H,1H3. The molecule has 0 aliphatic heterocycles. The normalized spacial score (nSPS) is 10.9. The van der Waals surface area contributed by atoms with Gasteiger partial charge in [0.15, 0.2) is 0 Å². The van der Waals surface area contributed by atoms with E-state index in [0.29, 0.717) is 26.9 Å². The molecule has 0 aliphatic carbocycles. The van der Waals surface area contributed by atoms with E-state index in [-0.39, 0.29) is 5.82 Å². The summed E-state index contributed by atoms with van der Waals surface area (Å²) in [6.07, 6.45) is 1.77. The maximum atomic E-state index is 11.2. The number of rotatable bonds is 2. The Kier molecular flexibility index (Phi) is 3.20. The van der Waals surface area contributed by atoms with Crippen LogP contribution >= 0.6 is 23.2 Å². The third-order valence-electron chi connectivity index (χ3n) is 3.03. The number of benzene rings is 1. The van der Waals surface area contributed by atoms with Gasteiger partial charge in [-0.1, -0.05) is 23.2 Å². The number of hydrogen-bond acceptors (Lipinski definition) is 3. The first-order valence-corrected chi connectivity index (χ1v) is 6.63. The molecule has 0 saturated carbocycles. The molecule has 0 bridgehead atoms. The summed E-state index contributed by atoms with van der Waals surface area (Å²) in [6.45, 7) is 1.96. The van der Waals surface area contributed by atoms with Gasteiger partial charge in [0, 0.05) is 16.8 Å². The Bertz CT molecular complexity index is 827. The maximum Gasteiger partial charge on any atom is 0.209 e. The number of fused-ring (bicyclic) bond motifs is 1. The maximum absolute atomic E-state index is 11.2. The van der Waals surface area contributed by atoms with Crippen molar-refractivity contribution in [2.45, 2.75) is 6.92 Å². The lowest BCUT2D eigenvalue weighted by Crippen LogP contribution is -1.83. The van der Waals surface area contributed by atoms with Crippen LogP contribution in [-0.4, -0.2) is 9.38 Å². The van der Waals surface area contributed by atoms with Crippen LogP contribution in [0.15, 0.2) is 41.7 Å². The largest absolute Gasteiger partial charge is 0.281 e. The molecular formula is C14H9Cl2N3O. The molecule has 2 heterocycles. The zero-order chi connectivity index (χ0) is 14.3. The second-order valence-corrected chi connectivity index (χ2v) is 5.28. The summed E-state index contributed by atoms with van der Waals surface area (Å²) in [6, 6.07) is 8.81. The third kappa shape index (κ3) is 2.07. The molecule has 0 radical (unpaired) electrons. The van der Waals surface area contributed by atoms with Crippen molar-refractivity contribution < 1.29 is 0 Å². The summed E-state index contributed by atoms with van der Waals surface area (Å²) >= 11 is 12.1. The van der Waals surface area contributed by atoms with Crippen molar-refractivity contribution in [3.8, 4) is 11.3 Å². The molecule has 0 aliphatic rings. The van der Waals surface area contributed by atoms with Gasteiger partial charge in [0.05, 0.1) is 5.02 Å². The minimum absolute atomic E-state index is 0.226. The summed E-state index contributed by atoms with van der Waals surface area (Å²) in [4.78, 5) is 15.6. The Labute approximate surface area is 124 Å². The molecular weight excluding hydrogens is 297 g/mol. The van der Waals surface area contributed by atoms with Gasteiger partial charge in [-0.25, -0.2) is 4.98 Å². The fourth-order valence-corrected chi connectivity index (χ4v) is 2.58. The smallest absolute Gasteiger partial charge is 0.209 e. The van der Waals surface area contributed by atoms with E-state index in [1.807, 2.05) is 19.1 Å². The summed E-state index contributed by atoms with van der Waals surface area (Å²) in [5, 5.41) is 4.05. The van der Waals surface area contributed by atoms with Crippen molar-refractivity contribution in [2.24, 2.45) is 5.18 Å². The number of halogens is 2. The minimum Gasteiger partial charge on any atom is -0.281 e. The van der Waals surface area contributed by atoms with Crippen molar-refractivity contribution in [3.63, 3.8) is 0 Å². The zero-order valence-corrected chi connectivity index (χ0v) is 12.0. The first-order chi connectivity index (χ1) is 9.60.